The fraction of sp³-hybridized carbons (Fsp3) is 0.417. The Balaban J connectivity index is 1.86. The number of halogens is 1. The number of imidazole rings is 1. The number of H-pyrrole nitrogens is 1. The van der Waals surface area contributed by atoms with Crippen LogP contribution in [0.1, 0.15) is 11.9 Å². The minimum absolute atomic E-state index is 0.0704. The SMILES string of the molecule is CN1CCN(S(=O)(=O)c2ccc(Cl)s2)C[C@@H]1c1ncc[nH]1. The van der Waals surface area contributed by atoms with E-state index in [0.29, 0.717) is 24.0 Å². The van der Waals surface area contributed by atoms with E-state index in [4.69, 9.17) is 11.6 Å². The van der Waals surface area contributed by atoms with Gasteiger partial charge in [0.1, 0.15) is 10.0 Å². The minimum atomic E-state index is -3.49. The highest BCUT2D eigenvalue weighted by atomic mass is 35.5. The lowest BCUT2D eigenvalue weighted by Gasteiger charge is -2.37. The summed E-state index contributed by atoms with van der Waals surface area (Å²) in [6.45, 7) is 1.50. The second-order valence-corrected chi connectivity index (χ2v) is 8.77. The van der Waals surface area contributed by atoms with Crippen molar-refractivity contribution in [3.8, 4) is 0 Å². The number of hydrogen-bond donors (Lipinski definition) is 1. The van der Waals surface area contributed by atoms with Crippen molar-refractivity contribution in [1.29, 1.82) is 0 Å². The second kappa shape index (κ2) is 5.69. The molecule has 21 heavy (non-hydrogen) atoms. The van der Waals surface area contributed by atoms with Gasteiger partial charge < -0.3 is 4.98 Å². The molecule has 1 aliphatic heterocycles. The lowest BCUT2D eigenvalue weighted by atomic mass is 10.2. The maximum absolute atomic E-state index is 12.7. The zero-order valence-corrected chi connectivity index (χ0v) is 13.7. The summed E-state index contributed by atoms with van der Waals surface area (Å²) in [7, 11) is -1.52. The number of nitrogens with one attached hydrogen (secondary N) is 1. The lowest BCUT2D eigenvalue weighted by molar-refractivity contribution is 0.143. The first-order valence-corrected chi connectivity index (χ1v) is 9.07. The average molecular weight is 347 g/mol. The molecule has 0 amide bonds. The summed E-state index contributed by atoms with van der Waals surface area (Å²) in [5.74, 6) is 0.779. The van der Waals surface area contributed by atoms with Crippen LogP contribution in [0.4, 0.5) is 0 Å². The Morgan fingerprint density at radius 2 is 2.24 bits per heavy atom. The molecule has 3 heterocycles. The Morgan fingerprint density at radius 3 is 2.86 bits per heavy atom. The fourth-order valence-corrected chi connectivity index (χ4v) is 5.46. The third-order valence-corrected chi connectivity index (χ3v) is 7.15. The number of thiophene rings is 1. The first kappa shape index (κ1) is 15.0. The van der Waals surface area contributed by atoms with Gasteiger partial charge in [-0.3, -0.25) is 4.90 Å². The van der Waals surface area contributed by atoms with Crippen molar-refractivity contribution >= 4 is 33.0 Å². The van der Waals surface area contributed by atoms with Crippen LogP contribution in [-0.4, -0.2) is 54.3 Å². The quantitative estimate of drug-likeness (QED) is 0.920. The van der Waals surface area contributed by atoms with E-state index in [0.717, 1.165) is 17.2 Å². The number of rotatable bonds is 3. The molecule has 9 heteroatoms. The number of likely N-dealkylation sites (N-methyl/N-ethyl adjacent to an activating group) is 1. The highest BCUT2D eigenvalue weighted by Gasteiger charge is 2.35. The summed E-state index contributed by atoms with van der Waals surface area (Å²) in [6, 6.07) is 3.10. The topological polar surface area (TPSA) is 69.3 Å². The highest BCUT2D eigenvalue weighted by Crippen LogP contribution is 2.31. The van der Waals surface area contributed by atoms with Crippen LogP contribution in [0.25, 0.3) is 0 Å². The highest BCUT2D eigenvalue weighted by molar-refractivity contribution is 7.91. The molecule has 1 fully saturated rings. The zero-order chi connectivity index (χ0) is 15.0. The van der Waals surface area contributed by atoms with Crippen LogP contribution < -0.4 is 0 Å². The van der Waals surface area contributed by atoms with Crippen LogP contribution in [0, 0.1) is 0 Å². The third kappa shape index (κ3) is 2.86. The maximum atomic E-state index is 12.7. The minimum Gasteiger partial charge on any atom is -0.347 e. The molecule has 0 radical (unpaired) electrons. The summed E-state index contributed by atoms with van der Waals surface area (Å²) in [4.78, 5) is 9.41. The molecule has 2 aromatic rings. The zero-order valence-electron chi connectivity index (χ0n) is 11.4. The van der Waals surface area contributed by atoms with Gasteiger partial charge in [-0.2, -0.15) is 4.31 Å². The fourth-order valence-electron chi connectivity index (χ4n) is 2.39. The van der Waals surface area contributed by atoms with Gasteiger partial charge >= 0.3 is 0 Å². The number of hydrogen-bond acceptors (Lipinski definition) is 5. The lowest BCUT2D eigenvalue weighted by Crippen LogP contribution is -2.49. The van der Waals surface area contributed by atoms with E-state index in [2.05, 4.69) is 14.9 Å². The molecule has 3 rings (SSSR count). The van der Waals surface area contributed by atoms with Crippen molar-refractivity contribution in [3.05, 3.63) is 34.7 Å². The molecule has 6 nitrogen and oxygen atoms in total. The van der Waals surface area contributed by atoms with E-state index >= 15 is 0 Å². The molecule has 0 aromatic carbocycles. The summed E-state index contributed by atoms with van der Waals surface area (Å²) in [5, 5.41) is 0. The van der Waals surface area contributed by atoms with E-state index < -0.39 is 10.0 Å². The number of aromatic nitrogens is 2. The van der Waals surface area contributed by atoms with E-state index in [1.54, 1.807) is 24.5 Å². The van der Waals surface area contributed by atoms with E-state index in [1.807, 2.05) is 7.05 Å². The molecule has 0 spiro atoms. The summed E-state index contributed by atoms with van der Waals surface area (Å²) < 4.78 is 27.6. The van der Waals surface area contributed by atoms with Gasteiger partial charge in [0.25, 0.3) is 10.0 Å². The molecule has 0 aliphatic carbocycles. The molecule has 0 bridgehead atoms. The third-order valence-electron chi connectivity index (χ3n) is 3.59. The van der Waals surface area contributed by atoms with Crippen molar-refractivity contribution in [2.45, 2.75) is 10.3 Å². The first-order valence-electron chi connectivity index (χ1n) is 6.43. The van der Waals surface area contributed by atoms with E-state index in [9.17, 15) is 8.42 Å². The second-order valence-electron chi connectivity index (χ2n) is 4.89. The van der Waals surface area contributed by atoms with Crippen LogP contribution in [0.3, 0.4) is 0 Å². The Bertz CT molecular complexity index is 713. The standard InChI is InChI=1S/C12H15ClN4O2S2/c1-16-6-7-17(8-9(16)12-14-4-5-15-12)21(18,19)11-3-2-10(13)20-11/h2-5,9H,6-8H2,1H3,(H,14,15)/t9-/m1/s1. The number of aromatic amines is 1. The molecule has 1 saturated heterocycles. The molecule has 2 aromatic heterocycles. The van der Waals surface area contributed by atoms with Gasteiger partial charge in [-0.1, -0.05) is 11.6 Å². The monoisotopic (exact) mass is 346 g/mol. The Kier molecular flexibility index (Phi) is 4.06. The van der Waals surface area contributed by atoms with Crippen molar-refractivity contribution in [1.82, 2.24) is 19.2 Å². The van der Waals surface area contributed by atoms with E-state index in [-0.39, 0.29) is 10.3 Å². The average Bonchev–Trinajstić information content (AvgIpc) is 3.10. The largest absolute Gasteiger partial charge is 0.347 e. The molecule has 0 unspecified atom stereocenters. The number of sulfonamides is 1. The van der Waals surface area contributed by atoms with Crippen molar-refractivity contribution in [2.75, 3.05) is 26.7 Å². The van der Waals surface area contributed by atoms with Crippen LogP contribution in [-0.2, 0) is 10.0 Å². The van der Waals surface area contributed by atoms with Gasteiger partial charge in [0, 0.05) is 32.0 Å². The Hall–Kier alpha value is -0.930. The van der Waals surface area contributed by atoms with Crippen molar-refractivity contribution in [2.24, 2.45) is 0 Å². The molecule has 1 atom stereocenters. The van der Waals surface area contributed by atoms with Gasteiger partial charge in [-0.15, -0.1) is 11.3 Å². The van der Waals surface area contributed by atoms with E-state index in [1.165, 1.54) is 4.31 Å². The van der Waals surface area contributed by atoms with Crippen LogP contribution >= 0.6 is 22.9 Å². The molecule has 1 aliphatic rings. The van der Waals surface area contributed by atoms with Crippen LogP contribution in [0.5, 0.6) is 0 Å². The molecule has 0 saturated carbocycles. The summed E-state index contributed by atoms with van der Waals surface area (Å²) >= 11 is 6.94. The van der Waals surface area contributed by atoms with Crippen LogP contribution in [0.15, 0.2) is 28.7 Å². The predicted molar refractivity (Wildman–Crippen MR) is 82.0 cm³/mol. The normalized spacial score (nSPS) is 21.7. The van der Waals surface area contributed by atoms with Gasteiger partial charge in [0.15, 0.2) is 0 Å². The van der Waals surface area contributed by atoms with Gasteiger partial charge in [-0.05, 0) is 19.2 Å². The maximum Gasteiger partial charge on any atom is 0.252 e. The smallest absolute Gasteiger partial charge is 0.252 e. The van der Waals surface area contributed by atoms with Crippen molar-refractivity contribution in [3.63, 3.8) is 0 Å². The van der Waals surface area contributed by atoms with Crippen LogP contribution in [0.2, 0.25) is 4.34 Å². The molecular weight excluding hydrogens is 332 g/mol. The molecular formula is C12H15ClN4O2S2. The Labute approximate surface area is 132 Å². The predicted octanol–water partition coefficient (Wildman–Crippen LogP) is 1.80. The van der Waals surface area contributed by atoms with Gasteiger partial charge in [-0.25, -0.2) is 13.4 Å². The Morgan fingerprint density at radius 1 is 1.43 bits per heavy atom. The van der Waals surface area contributed by atoms with Gasteiger partial charge in [0.2, 0.25) is 0 Å². The van der Waals surface area contributed by atoms with Crippen molar-refractivity contribution < 1.29 is 8.42 Å². The number of nitrogens with zero attached hydrogens (tertiary/aromatic N) is 3. The summed E-state index contributed by atoms with van der Waals surface area (Å²) in [5.41, 5.74) is 0. The summed E-state index contributed by atoms with van der Waals surface area (Å²) in [6.07, 6.45) is 3.42. The number of piperazine rings is 1. The molecule has 114 valence electrons. The first-order chi connectivity index (χ1) is 9.98. The van der Waals surface area contributed by atoms with Gasteiger partial charge in [0.05, 0.1) is 10.4 Å². The molecule has 1 N–H and O–H groups in total.